The zero-order chi connectivity index (χ0) is 10.8. The highest BCUT2D eigenvalue weighted by Gasteiger charge is 2.14. The third-order valence-electron chi connectivity index (χ3n) is 2.08. The van der Waals surface area contributed by atoms with Crippen molar-refractivity contribution in [1.82, 2.24) is 14.8 Å². The Bertz CT molecular complexity index is 474. The number of anilines is 1. The van der Waals surface area contributed by atoms with E-state index in [2.05, 4.69) is 10.1 Å². The topological polar surface area (TPSA) is 73.8 Å². The van der Waals surface area contributed by atoms with Crippen molar-refractivity contribution in [3.63, 3.8) is 0 Å². The van der Waals surface area contributed by atoms with Crippen molar-refractivity contribution >= 4 is 22.9 Å². The lowest BCUT2D eigenvalue weighted by atomic mass is 10.1. The Labute approximate surface area is 90.6 Å². The quantitative estimate of drug-likeness (QED) is 0.782. The Morgan fingerprint density at radius 3 is 3.00 bits per heavy atom. The summed E-state index contributed by atoms with van der Waals surface area (Å²) in [6.45, 7) is 0. The first-order valence-electron chi connectivity index (χ1n) is 4.37. The molecule has 0 unspecified atom stereocenters. The van der Waals surface area contributed by atoms with Crippen LogP contribution in [0.3, 0.4) is 0 Å². The molecule has 0 aliphatic rings. The van der Waals surface area contributed by atoms with E-state index in [1.54, 1.807) is 13.2 Å². The Balaban J connectivity index is 2.19. The minimum Gasteiger partial charge on any atom is -0.383 e. The van der Waals surface area contributed by atoms with Crippen LogP contribution in [0.4, 0.5) is 5.82 Å². The Morgan fingerprint density at radius 1 is 1.67 bits per heavy atom. The summed E-state index contributed by atoms with van der Waals surface area (Å²) in [5.41, 5.74) is 6.16. The van der Waals surface area contributed by atoms with E-state index in [-0.39, 0.29) is 12.2 Å². The van der Waals surface area contributed by atoms with Gasteiger partial charge in [-0.05, 0) is 0 Å². The van der Waals surface area contributed by atoms with Gasteiger partial charge in [0.25, 0.3) is 0 Å². The van der Waals surface area contributed by atoms with Crippen LogP contribution in [0.15, 0.2) is 17.8 Å². The molecule has 78 valence electrons. The van der Waals surface area contributed by atoms with Crippen LogP contribution in [0.25, 0.3) is 0 Å². The van der Waals surface area contributed by atoms with Crippen molar-refractivity contribution in [2.24, 2.45) is 7.05 Å². The maximum Gasteiger partial charge on any atom is 0.174 e. The van der Waals surface area contributed by atoms with Gasteiger partial charge in [-0.1, -0.05) is 0 Å². The van der Waals surface area contributed by atoms with Gasteiger partial charge in [-0.25, -0.2) is 4.98 Å². The predicted octanol–water partition coefficient (Wildman–Crippen LogP) is 0.884. The maximum atomic E-state index is 11.8. The van der Waals surface area contributed by atoms with Gasteiger partial charge in [0.15, 0.2) is 5.78 Å². The van der Waals surface area contributed by atoms with Gasteiger partial charge < -0.3 is 5.73 Å². The van der Waals surface area contributed by atoms with Crippen molar-refractivity contribution < 1.29 is 4.79 Å². The Hall–Kier alpha value is -1.69. The number of ketones is 1. The van der Waals surface area contributed by atoms with Crippen LogP contribution in [0.5, 0.6) is 0 Å². The van der Waals surface area contributed by atoms with E-state index in [1.807, 2.05) is 5.38 Å². The number of nitrogens with zero attached hydrogens (tertiary/aromatic N) is 3. The normalized spacial score (nSPS) is 10.5. The SMILES string of the molecule is Cn1ncc(C(=O)Cc2nccs2)c1N. The summed E-state index contributed by atoms with van der Waals surface area (Å²) in [5, 5.41) is 6.56. The standard InChI is InChI=1S/C9H10N4OS/c1-13-9(10)6(5-12-13)7(14)4-8-11-2-3-15-8/h2-3,5H,4,10H2,1H3. The molecule has 0 atom stereocenters. The lowest BCUT2D eigenvalue weighted by molar-refractivity contribution is 0.0993. The summed E-state index contributed by atoms with van der Waals surface area (Å²) in [5.74, 6) is 0.354. The number of aryl methyl sites for hydroxylation is 1. The monoisotopic (exact) mass is 222 g/mol. The molecule has 5 nitrogen and oxygen atoms in total. The number of carbonyl (C=O) groups excluding carboxylic acids is 1. The first-order chi connectivity index (χ1) is 7.18. The summed E-state index contributed by atoms with van der Waals surface area (Å²) in [6, 6.07) is 0. The van der Waals surface area contributed by atoms with Crippen molar-refractivity contribution in [3.05, 3.63) is 28.3 Å². The van der Waals surface area contributed by atoms with Gasteiger partial charge in [-0.15, -0.1) is 11.3 Å². The average molecular weight is 222 g/mol. The number of Topliss-reactive ketones (excluding diaryl/α,β-unsaturated/α-hetero) is 1. The molecule has 2 aromatic rings. The summed E-state index contributed by atoms with van der Waals surface area (Å²) in [7, 11) is 1.70. The van der Waals surface area contributed by atoms with Crippen LogP contribution in [-0.4, -0.2) is 20.5 Å². The predicted molar refractivity (Wildman–Crippen MR) is 57.8 cm³/mol. The Morgan fingerprint density at radius 2 is 2.47 bits per heavy atom. The van der Waals surface area contributed by atoms with Gasteiger partial charge >= 0.3 is 0 Å². The first-order valence-corrected chi connectivity index (χ1v) is 5.25. The number of carbonyl (C=O) groups is 1. The summed E-state index contributed by atoms with van der Waals surface area (Å²) in [6.07, 6.45) is 3.46. The molecule has 0 aliphatic heterocycles. The Kier molecular flexibility index (Phi) is 2.51. The number of aromatic nitrogens is 3. The van der Waals surface area contributed by atoms with Crippen LogP contribution < -0.4 is 5.73 Å². The van der Waals surface area contributed by atoms with Crippen molar-refractivity contribution in [1.29, 1.82) is 0 Å². The summed E-state index contributed by atoms with van der Waals surface area (Å²) >= 11 is 1.46. The molecule has 2 rings (SSSR count). The van der Waals surface area contributed by atoms with Gasteiger partial charge in [0.2, 0.25) is 0 Å². The highest BCUT2D eigenvalue weighted by atomic mass is 32.1. The van der Waals surface area contributed by atoms with Crippen molar-refractivity contribution in [3.8, 4) is 0 Å². The third-order valence-corrected chi connectivity index (χ3v) is 2.86. The molecule has 0 bridgehead atoms. The van der Waals surface area contributed by atoms with Crippen LogP contribution >= 0.6 is 11.3 Å². The van der Waals surface area contributed by atoms with Crippen LogP contribution in [0, 0.1) is 0 Å². The number of hydrogen-bond acceptors (Lipinski definition) is 5. The minimum absolute atomic E-state index is 0.0458. The molecule has 0 fully saturated rings. The smallest absolute Gasteiger partial charge is 0.174 e. The van der Waals surface area contributed by atoms with E-state index >= 15 is 0 Å². The number of nitrogens with two attached hydrogens (primary N) is 1. The second kappa shape index (κ2) is 3.82. The van der Waals surface area contributed by atoms with E-state index in [4.69, 9.17) is 5.73 Å². The zero-order valence-corrected chi connectivity index (χ0v) is 8.99. The van der Waals surface area contributed by atoms with Crippen molar-refractivity contribution in [2.45, 2.75) is 6.42 Å². The molecular weight excluding hydrogens is 212 g/mol. The largest absolute Gasteiger partial charge is 0.383 e. The van der Waals surface area contributed by atoms with Crippen LogP contribution in [-0.2, 0) is 13.5 Å². The molecule has 2 aromatic heterocycles. The van der Waals surface area contributed by atoms with Gasteiger partial charge in [-0.3, -0.25) is 9.48 Å². The molecule has 0 radical (unpaired) electrons. The van der Waals surface area contributed by atoms with Gasteiger partial charge in [-0.2, -0.15) is 5.10 Å². The fraction of sp³-hybridized carbons (Fsp3) is 0.222. The molecule has 2 heterocycles. The van der Waals surface area contributed by atoms with Gasteiger partial charge in [0, 0.05) is 18.6 Å². The van der Waals surface area contributed by atoms with E-state index in [0.29, 0.717) is 11.4 Å². The first kappa shape index (κ1) is 9.85. The van der Waals surface area contributed by atoms with E-state index < -0.39 is 0 Å². The molecule has 0 amide bonds. The number of hydrogen-bond donors (Lipinski definition) is 1. The number of nitrogen functional groups attached to an aromatic ring is 1. The molecule has 0 saturated carbocycles. The molecule has 0 aromatic carbocycles. The van der Waals surface area contributed by atoms with Crippen molar-refractivity contribution in [2.75, 3.05) is 5.73 Å². The average Bonchev–Trinajstić information content (AvgIpc) is 2.79. The molecular formula is C9H10N4OS. The lowest BCUT2D eigenvalue weighted by Gasteiger charge is -1.97. The zero-order valence-electron chi connectivity index (χ0n) is 8.17. The van der Waals surface area contributed by atoms with E-state index in [1.165, 1.54) is 22.2 Å². The second-order valence-electron chi connectivity index (χ2n) is 3.09. The molecule has 6 heteroatoms. The minimum atomic E-state index is -0.0458. The fourth-order valence-electron chi connectivity index (χ4n) is 1.23. The van der Waals surface area contributed by atoms with E-state index in [0.717, 1.165) is 5.01 Å². The highest BCUT2D eigenvalue weighted by molar-refractivity contribution is 7.09. The summed E-state index contributed by atoms with van der Waals surface area (Å²) in [4.78, 5) is 15.8. The number of thiazole rings is 1. The number of rotatable bonds is 3. The van der Waals surface area contributed by atoms with Gasteiger partial charge in [0.05, 0.1) is 18.2 Å². The molecule has 0 aliphatic carbocycles. The van der Waals surface area contributed by atoms with E-state index in [9.17, 15) is 4.79 Å². The lowest BCUT2D eigenvalue weighted by Crippen LogP contribution is -2.07. The molecule has 15 heavy (non-hydrogen) atoms. The van der Waals surface area contributed by atoms with Crippen LogP contribution in [0.2, 0.25) is 0 Å². The van der Waals surface area contributed by atoms with Crippen LogP contribution in [0.1, 0.15) is 15.4 Å². The summed E-state index contributed by atoms with van der Waals surface area (Å²) < 4.78 is 1.48. The highest BCUT2D eigenvalue weighted by Crippen LogP contribution is 2.14. The third kappa shape index (κ3) is 1.89. The maximum absolute atomic E-state index is 11.8. The van der Waals surface area contributed by atoms with Gasteiger partial charge in [0.1, 0.15) is 10.8 Å². The fourth-order valence-corrected chi connectivity index (χ4v) is 1.85. The molecule has 0 spiro atoms. The molecule has 0 saturated heterocycles. The molecule has 2 N–H and O–H groups in total. The second-order valence-corrected chi connectivity index (χ2v) is 4.07.